The standard InChI is InChI=1S/C11H23NO/c1-5-10(3)7-12(9-13)8-11(4)6-2/h9-11H,5-8H2,1-4H3. The van der Waals surface area contributed by atoms with E-state index in [9.17, 15) is 4.79 Å². The number of nitrogens with zero attached hydrogens (tertiary/aromatic N) is 1. The molecule has 0 saturated heterocycles. The van der Waals surface area contributed by atoms with Gasteiger partial charge >= 0.3 is 0 Å². The van der Waals surface area contributed by atoms with Crippen molar-refractivity contribution in [3.63, 3.8) is 0 Å². The van der Waals surface area contributed by atoms with Crippen LogP contribution in [-0.4, -0.2) is 24.4 Å². The summed E-state index contributed by atoms with van der Waals surface area (Å²) in [4.78, 5) is 12.6. The third-order valence-corrected chi connectivity index (χ3v) is 2.64. The van der Waals surface area contributed by atoms with Crippen LogP contribution in [0.2, 0.25) is 0 Å². The molecule has 2 unspecified atom stereocenters. The van der Waals surface area contributed by atoms with Crippen molar-refractivity contribution in [1.82, 2.24) is 4.90 Å². The summed E-state index contributed by atoms with van der Waals surface area (Å²) in [6, 6.07) is 0. The van der Waals surface area contributed by atoms with Gasteiger partial charge in [-0.2, -0.15) is 0 Å². The minimum absolute atomic E-state index is 0.620. The number of amides is 1. The maximum absolute atomic E-state index is 10.7. The normalized spacial score (nSPS) is 15.1. The van der Waals surface area contributed by atoms with Crippen LogP contribution in [0.15, 0.2) is 0 Å². The van der Waals surface area contributed by atoms with E-state index < -0.39 is 0 Å². The van der Waals surface area contributed by atoms with E-state index in [-0.39, 0.29) is 0 Å². The van der Waals surface area contributed by atoms with Gasteiger partial charge in [0, 0.05) is 13.1 Å². The Bertz CT molecular complexity index is 124. The largest absolute Gasteiger partial charge is 0.345 e. The molecule has 0 rings (SSSR count). The summed E-state index contributed by atoms with van der Waals surface area (Å²) in [5, 5.41) is 0. The van der Waals surface area contributed by atoms with Gasteiger partial charge in [-0.25, -0.2) is 0 Å². The van der Waals surface area contributed by atoms with Crippen molar-refractivity contribution >= 4 is 6.41 Å². The third-order valence-electron chi connectivity index (χ3n) is 2.64. The molecule has 0 aliphatic heterocycles. The van der Waals surface area contributed by atoms with Crippen molar-refractivity contribution in [2.45, 2.75) is 40.5 Å². The molecule has 0 N–H and O–H groups in total. The highest BCUT2D eigenvalue weighted by Gasteiger charge is 2.09. The maximum atomic E-state index is 10.7. The van der Waals surface area contributed by atoms with Crippen LogP contribution in [0.1, 0.15) is 40.5 Å². The second-order valence-electron chi connectivity index (χ2n) is 4.09. The van der Waals surface area contributed by atoms with Gasteiger partial charge in [0.05, 0.1) is 0 Å². The van der Waals surface area contributed by atoms with E-state index in [1.54, 1.807) is 0 Å². The molecule has 0 aliphatic rings. The number of hydrogen-bond donors (Lipinski definition) is 0. The molecule has 0 aliphatic carbocycles. The van der Waals surface area contributed by atoms with Crippen molar-refractivity contribution in [2.24, 2.45) is 11.8 Å². The fourth-order valence-electron chi connectivity index (χ4n) is 1.22. The number of hydrogen-bond acceptors (Lipinski definition) is 1. The first-order chi connectivity index (χ1) is 6.13. The monoisotopic (exact) mass is 185 g/mol. The van der Waals surface area contributed by atoms with Gasteiger partial charge in [-0.1, -0.05) is 40.5 Å². The third kappa shape index (κ3) is 5.67. The molecule has 0 fully saturated rings. The summed E-state index contributed by atoms with van der Waals surface area (Å²) in [5.74, 6) is 1.24. The lowest BCUT2D eigenvalue weighted by atomic mass is 10.1. The second kappa shape index (κ2) is 6.93. The minimum Gasteiger partial charge on any atom is -0.345 e. The molecule has 13 heavy (non-hydrogen) atoms. The molecule has 2 heteroatoms. The first-order valence-electron chi connectivity index (χ1n) is 5.33. The average molecular weight is 185 g/mol. The fourth-order valence-corrected chi connectivity index (χ4v) is 1.22. The van der Waals surface area contributed by atoms with Crippen LogP contribution in [-0.2, 0) is 4.79 Å². The van der Waals surface area contributed by atoms with Crippen LogP contribution < -0.4 is 0 Å². The van der Waals surface area contributed by atoms with Crippen molar-refractivity contribution in [2.75, 3.05) is 13.1 Å². The first kappa shape index (κ1) is 12.5. The summed E-state index contributed by atoms with van der Waals surface area (Å²) in [6.45, 7) is 10.5. The zero-order valence-corrected chi connectivity index (χ0v) is 9.42. The van der Waals surface area contributed by atoms with E-state index in [2.05, 4.69) is 27.7 Å². The molecular formula is C11H23NO. The van der Waals surface area contributed by atoms with Crippen molar-refractivity contribution in [3.05, 3.63) is 0 Å². The summed E-state index contributed by atoms with van der Waals surface area (Å²) in [6.07, 6.45) is 3.27. The second-order valence-corrected chi connectivity index (χ2v) is 4.09. The molecule has 0 aromatic heterocycles. The summed E-state index contributed by atoms with van der Waals surface area (Å²) >= 11 is 0. The Morgan fingerprint density at radius 1 is 1.08 bits per heavy atom. The molecule has 0 radical (unpaired) electrons. The minimum atomic E-state index is 0.620. The highest BCUT2D eigenvalue weighted by molar-refractivity contribution is 5.46. The van der Waals surface area contributed by atoms with E-state index in [1.807, 2.05) is 4.90 Å². The van der Waals surface area contributed by atoms with Crippen molar-refractivity contribution < 1.29 is 4.79 Å². The zero-order valence-electron chi connectivity index (χ0n) is 9.42. The van der Waals surface area contributed by atoms with Gasteiger partial charge < -0.3 is 4.90 Å². The fraction of sp³-hybridized carbons (Fsp3) is 0.909. The molecule has 2 atom stereocenters. The Morgan fingerprint density at radius 2 is 1.46 bits per heavy atom. The molecule has 0 aromatic carbocycles. The summed E-state index contributed by atoms with van der Waals surface area (Å²) < 4.78 is 0. The quantitative estimate of drug-likeness (QED) is 0.558. The number of rotatable bonds is 7. The van der Waals surface area contributed by atoms with Gasteiger partial charge in [0.25, 0.3) is 0 Å². The highest BCUT2D eigenvalue weighted by atomic mass is 16.1. The van der Waals surface area contributed by atoms with E-state index in [0.29, 0.717) is 11.8 Å². The van der Waals surface area contributed by atoms with Gasteiger partial charge in [0.15, 0.2) is 0 Å². The van der Waals surface area contributed by atoms with Gasteiger partial charge in [-0.3, -0.25) is 4.79 Å². The molecule has 0 bridgehead atoms. The SMILES string of the molecule is CCC(C)CN(C=O)CC(C)CC. The average Bonchev–Trinajstić information content (AvgIpc) is 2.16. The Morgan fingerprint density at radius 3 is 1.69 bits per heavy atom. The van der Waals surface area contributed by atoms with E-state index >= 15 is 0 Å². The molecule has 78 valence electrons. The Labute approximate surface area is 82.3 Å². The lowest BCUT2D eigenvalue weighted by Gasteiger charge is -2.23. The Hall–Kier alpha value is -0.530. The van der Waals surface area contributed by atoms with Crippen LogP contribution in [0.3, 0.4) is 0 Å². The molecule has 0 saturated carbocycles. The number of carbonyl (C=O) groups is 1. The molecule has 0 heterocycles. The van der Waals surface area contributed by atoms with Crippen LogP contribution in [0.25, 0.3) is 0 Å². The van der Waals surface area contributed by atoms with Crippen LogP contribution in [0.5, 0.6) is 0 Å². The molecule has 2 nitrogen and oxygen atoms in total. The van der Waals surface area contributed by atoms with Gasteiger partial charge in [-0.15, -0.1) is 0 Å². The highest BCUT2D eigenvalue weighted by Crippen LogP contribution is 2.07. The maximum Gasteiger partial charge on any atom is 0.209 e. The first-order valence-corrected chi connectivity index (χ1v) is 5.33. The molecule has 0 aromatic rings. The lowest BCUT2D eigenvalue weighted by Crippen LogP contribution is -2.31. The van der Waals surface area contributed by atoms with E-state index in [4.69, 9.17) is 0 Å². The smallest absolute Gasteiger partial charge is 0.209 e. The predicted octanol–water partition coefficient (Wildman–Crippen LogP) is 2.54. The van der Waals surface area contributed by atoms with Crippen LogP contribution in [0, 0.1) is 11.8 Å². The zero-order chi connectivity index (χ0) is 10.3. The summed E-state index contributed by atoms with van der Waals surface area (Å²) in [5.41, 5.74) is 0. The van der Waals surface area contributed by atoms with Gasteiger partial charge in [-0.05, 0) is 11.8 Å². The summed E-state index contributed by atoms with van der Waals surface area (Å²) in [7, 11) is 0. The number of carbonyl (C=O) groups excluding carboxylic acids is 1. The molecule has 0 spiro atoms. The predicted molar refractivity (Wildman–Crippen MR) is 56.5 cm³/mol. The van der Waals surface area contributed by atoms with Gasteiger partial charge in [0.1, 0.15) is 0 Å². The van der Waals surface area contributed by atoms with E-state index in [1.165, 1.54) is 0 Å². The Balaban J connectivity index is 3.81. The van der Waals surface area contributed by atoms with Crippen molar-refractivity contribution in [1.29, 1.82) is 0 Å². The molecule has 1 amide bonds. The Kier molecular flexibility index (Phi) is 6.65. The lowest BCUT2D eigenvalue weighted by molar-refractivity contribution is -0.119. The van der Waals surface area contributed by atoms with Crippen molar-refractivity contribution in [3.8, 4) is 0 Å². The van der Waals surface area contributed by atoms with E-state index in [0.717, 1.165) is 32.3 Å². The molecular weight excluding hydrogens is 162 g/mol. The topological polar surface area (TPSA) is 20.3 Å². The van der Waals surface area contributed by atoms with Crippen LogP contribution in [0.4, 0.5) is 0 Å². The van der Waals surface area contributed by atoms with Gasteiger partial charge in [0.2, 0.25) is 6.41 Å². The van der Waals surface area contributed by atoms with Crippen LogP contribution >= 0.6 is 0 Å².